The van der Waals surface area contributed by atoms with E-state index in [1.807, 2.05) is 20.8 Å². The molecule has 2 saturated heterocycles. The van der Waals surface area contributed by atoms with Gasteiger partial charge in [-0.15, -0.1) is 0 Å². The van der Waals surface area contributed by atoms with Crippen molar-refractivity contribution in [3.63, 3.8) is 0 Å². The third-order valence-electron chi connectivity index (χ3n) is 4.40. The number of nitrogens with zero attached hydrogens (tertiary/aromatic N) is 2. The first-order chi connectivity index (χ1) is 10.3. The zero-order valence-electron chi connectivity index (χ0n) is 14.2. The number of nitrogens with one attached hydrogen (secondary N) is 1. The van der Waals surface area contributed by atoms with Crippen LogP contribution in [0.5, 0.6) is 0 Å². The molecular weight excluding hydrogens is 285 g/mol. The fraction of sp³-hybridized carbons (Fsp3) is 0.938. The van der Waals surface area contributed by atoms with Gasteiger partial charge in [-0.05, 0) is 40.0 Å². The lowest BCUT2D eigenvalue weighted by Crippen LogP contribution is -2.49. The molecule has 1 N–H and O–H groups in total. The third kappa shape index (κ3) is 5.39. The Balaban J connectivity index is 1.74. The highest BCUT2D eigenvalue weighted by Gasteiger charge is 2.37. The molecule has 2 fully saturated rings. The summed E-state index contributed by atoms with van der Waals surface area (Å²) in [6, 6.07) is 0. The molecular formula is C16H30FN3O2. The quantitative estimate of drug-likeness (QED) is 0.865. The van der Waals surface area contributed by atoms with E-state index >= 15 is 0 Å². The molecule has 2 heterocycles. The van der Waals surface area contributed by atoms with Crippen LogP contribution in [0.4, 0.5) is 9.18 Å². The van der Waals surface area contributed by atoms with Crippen LogP contribution in [0.25, 0.3) is 0 Å². The molecule has 6 heteroatoms. The van der Waals surface area contributed by atoms with Crippen molar-refractivity contribution in [1.82, 2.24) is 15.1 Å². The zero-order chi connectivity index (χ0) is 16.2. The molecule has 5 nitrogen and oxygen atoms in total. The minimum atomic E-state index is -1.14. The number of piperidine rings is 1. The highest BCUT2D eigenvalue weighted by atomic mass is 19.1. The van der Waals surface area contributed by atoms with Gasteiger partial charge in [0.2, 0.25) is 0 Å². The number of alkyl halides is 1. The van der Waals surface area contributed by atoms with E-state index in [9.17, 15) is 9.18 Å². The lowest BCUT2D eigenvalue weighted by Gasteiger charge is -2.38. The average molecular weight is 315 g/mol. The first-order valence-electron chi connectivity index (χ1n) is 8.37. The van der Waals surface area contributed by atoms with Gasteiger partial charge in [0.25, 0.3) is 0 Å². The second kappa shape index (κ2) is 7.13. The van der Waals surface area contributed by atoms with Gasteiger partial charge in [0.1, 0.15) is 11.3 Å². The van der Waals surface area contributed by atoms with Crippen LogP contribution >= 0.6 is 0 Å². The van der Waals surface area contributed by atoms with Crippen molar-refractivity contribution >= 4 is 6.09 Å². The molecule has 1 amide bonds. The van der Waals surface area contributed by atoms with Crippen molar-refractivity contribution in [2.45, 2.75) is 51.3 Å². The van der Waals surface area contributed by atoms with E-state index in [1.165, 1.54) is 0 Å². The first-order valence-corrected chi connectivity index (χ1v) is 8.37. The maximum absolute atomic E-state index is 14.9. The number of ether oxygens (including phenoxy) is 1. The van der Waals surface area contributed by atoms with Gasteiger partial charge >= 0.3 is 6.09 Å². The van der Waals surface area contributed by atoms with Gasteiger partial charge in [0.05, 0.1) is 0 Å². The van der Waals surface area contributed by atoms with Crippen molar-refractivity contribution < 1.29 is 13.9 Å². The van der Waals surface area contributed by atoms with Crippen LogP contribution < -0.4 is 5.32 Å². The molecule has 128 valence electrons. The molecule has 2 aliphatic heterocycles. The van der Waals surface area contributed by atoms with Crippen LogP contribution in [0.1, 0.15) is 40.0 Å². The van der Waals surface area contributed by atoms with E-state index in [0.717, 1.165) is 32.7 Å². The molecule has 0 atom stereocenters. The van der Waals surface area contributed by atoms with Crippen LogP contribution in [-0.4, -0.2) is 73.0 Å². The molecule has 0 aromatic heterocycles. The van der Waals surface area contributed by atoms with Gasteiger partial charge in [0.15, 0.2) is 0 Å². The minimum absolute atomic E-state index is 0.323. The van der Waals surface area contributed by atoms with E-state index < -0.39 is 11.3 Å². The Morgan fingerprint density at radius 1 is 1.18 bits per heavy atom. The van der Waals surface area contributed by atoms with Gasteiger partial charge < -0.3 is 19.9 Å². The maximum atomic E-state index is 14.9. The van der Waals surface area contributed by atoms with Crippen LogP contribution in [0.2, 0.25) is 0 Å². The standard InChI is InChI=1S/C16H30FN3O2/c1-15(2,3)22-14(21)20-10-5-16(17,6-11-20)4-9-19-12-7-18-8-13-19/h18H,4-13H2,1-3H3. The predicted octanol–water partition coefficient (Wildman–Crippen LogP) is 2.02. The summed E-state index contributed by atoms with van der Waals surface area (Å²) < 4.78 is 20.2. The van der Waals surface area contributed by atoms with Crippen LogP contribution in [0, 0.1) is 0 Å². The van der Waals surface area contributed by atoms with Crippen LogP contribution in [-0.2, 0) is 4.74 Å². The van der Waals surface area contributed by atoms with Crippen LogP contribution in [0.3, 0.4) is 0 Å². The summed E-state index contributed by atoms with van der Waals surface area (Å²) >= 11 is 0. The number of carbonyl (C=O) groups excluding carboxylic acids is 1. The Kier molecular flexibility index (Phi) is 5.66. The molecule has 0 aromatic carbocycles. The molecule has 0 aliphatic carbocycles. The highest BCUT2D eigenvalue weighted by Crippen LogP contribution is 2.31. The van der Waals surface area contributed by atoms with Crippen molar-refractivity contribution in [2.75, 3.05) is 45.8 Å². The zero-order valence-corrected chi connectivity index (χ0v) is 14.2. The molecule has 0 unspecified atom stereocenters. The third-order valence-corrected chi connectivity index (χ3v) is 4.40. The molecule has 0 radical (unpaired) electrons. The van der Waals surface area contributed by atoms with Gasteiger partial charge in [-0.2, -0.15) is 0 Å². The molecule has 0 spiro atoms. The Morgan fingerprint density at radius 2 is 1.77 bits per heavy atom. The summed E-state index contributed by atoms with van der Waals surface area (Å²) in [6.07, 6.45) is 1.07. The largest absolute Gasteiger partial charge is 0.444 e. The fourth-order valence-electron chi connectivity index (χ4n) is 2.96. The van der Waals surface area contributed by atoms with E-state index in [-0.39, 0.29) is 6.09 Å². The number of hydrogen-bond acceptors (Lipinski definition) is 4. The topological polar surface area (TPSA) is 44.8 Å². The molecule has 0 saturated carbocycles. The van der Waals surface area contributed by atoms with Crippen molar-refractivity contribution in [2.24, 2.45) is 0 Å². The smallest absolute Gasteiger partial charge is 0.410 e. The maximum Gasteiger partial charge on any atom is 0.410 e. The van der Waals surface area contributed by atoms with Gasteiger partial charge in [0, 0.05) is 45.8 Å². The first kappa shape index (κ1) is 17.5. The summed E-state index contributed by atoms with van der Waals surface area (Å²) in [5.41, 5.74) is -1.63. The molecule has 2 rings (SSSR count). The Labute approximate surface area is 133 Å². The van der Waals surface area contributed by atoms with Crippen LogP contribution in [0.15, 0.2) is 0 Å². The van der Waals surface area contributed by atoms with Crippen molar-refractivity contribution in [1.29, 1.82) is 0 Å². The summed E-state index contributed by atoms with van der Waals surface area (Å²) in [5.74, 6) is 0. The van der Waals surface area contributed by atoms with E-state index in [2.05, 4.69) is 10.2 Å². The average Bonchev–Trinajstić information content (AvgIpc) is 2.45. The molecule has 0 bridgehead atoms. The normalized spacial score (nSPS) is 23.4. The predicted molar refractivity (Wildman–Crippen MR) is 84.8 cm³/mol. The molecule has 0 aromatic rings. The Hall–Kier alpha value is -0.880. The van der Waals surface area contributed by atoms with E-state index in [0.29, 0.717) is 32.4 Å². The number of amides is 1. The second-order valence-electron chi connectivity index (χ2n) is 7.46. The lowest BCUT2D eigenvalue weighted by molar-refractivity contribution is -0.000891. The second-order valence-corrected chi connectivity index (χ2v) is 7.46. The Morgan fingerprint density at radius 3 is 2.32 bits per heavy atom. The number of halogens is 1. The number of hydrogen-bond donors (Lipinski definition) is 1. The number of likely N-dealkylation sites (tertiary alicyclic amines) is 1. The Bertz CT molecular complexity index is 370. The number of piperazine rings is 1. The van der Waals surface area contributed by atoms with Gasteiger partial charge in [-0.3, -0.25) is 0 Å². The summed E-state index contributed by atoms with van der Waals surface area (Å²) in [7, 11) is 0. The lowest BCUT2D eigenvalue weighted by atomic mass is 9.90. The SMILES string of the molecule is CC(C)(C)OC(=O)N1CCC(F)(CCN2CCNCC2)CC1. The van der Waals surface area contributed by atoms with E-state index in [4.69, 9.17) is 4.74 Å². The monoisotopic (exact) mass is 315 g/mol. The van der Waals surface area contributed by atoms with Crippen molar-refractivity contribution in [3.8, 4) is 0 Å². The molecule has 22 heavy (non-hydrogen) atoms. The van der Waals surface area contributed by atoms with Crippen molar-refractivity contribution in [3.05, 3.63) is 0 Å². The molecule has 2 aliphatic rings. The highest BCUT2D eigenvalue weighted by molar-refractivity contribution is 5.68. The van der Waals surface area contributed by atoms with E-state index in [1.54, 1.807) is 4.90 Å². The number of rotatable bonds is 3. The number of carbonyl (C=O) groups is 1. The summed E-state index contributed by atoms with van der Waals surface area (Å²) in [5, 5.41) is 3.31. The van der Waals surface area contributed by atoms with Gasteiger partial charge in [-0.1, -0.05) is 0 Å². The fourth-order valence-corrected chi connectivity index (χ4v) is 2.96. The van der Waals surface area contributed by atoms with Gasteiger partial charge in [-0.25, -0.2) is 9.18 Å². The summed E-state index contributed by atoms with van der Waals surface area (Å²) in [6.45, 7) is 11.2. The minimum Gasteiger partial charge on any atom is -0.444 e. The summed E-state index contributed by atoms with van der Waals surface area (Å²) in [4.78, 5) is 15.9.